The molecule has 1 aromatic rings. The highest BCUT2D eigenvalue weighted by Crippen LogP contribution is 2.32. The van der Waals surface area contributed by atoms with Crippen LogP contribution in [0.2, 0.25) is 0 Å². The second kappa shape index (κ2) is 6.35. The average molecular weight is 349 g/mol. The number of hydrogen-bond acceptors (Lipinski definition) is 5. The van der Waals surface area contributed by atoms with Crippen molar-refractivity contribution in [3.05, 3.63) is 17.3 Å². The van der Waals surface area contributed by atoms with Crippen LogP contribution in [0, 0.1) is 19.8 Å². The minimum atomic E-state index is -0.518. The topological polar surface area (TPSA) is 75.9 Å². The molecule has 7 heteroatoms. The monoisotopic (exact) mass is 349 g/mol. The SMILES string of the molecule is Cc1nc(C(=O)N2CCC[C@H]3CN(C(=O)OC(C)(C)C)C[C@H]32)c(C)o1. The number of carbonyl (C=O) groups is 2. The summed E-state index contributed by atoms with van der Waals surface area (Å²) in [7, 11) is 0. The van der Waals surface area contributed by atoms with Gasteiger partial charge >= 0.3 is 6.09 Å². The maximum atomic E-state index is 13.0. The third-order valence-electron chi connectivity index (χ3n) is 4.80. The molecule has 3 heterocycles. The van der Waals surface area contributed by atoms with Gasteiger partial charge in [0.05, 0.1) is 6.04 Å². The van der Waals surface area contributed by atoms with Crippen LogP contribution in [0.3, 0.4) is 0 Å². The predicted octanol–water partition coefficient (Wildman–Crippen LogP) is 2.76. The molecule has 0 unspecified atom stereocenters. The van der Waals surface area contributed by atoms with Gasteiger partial charge in [-0.1, -0.05) is 0 Å². The molecule has 1 aromatic heterocycles. The van der Waals surface area contributed by atoms with Crippen LogP contribution in [-0.4, -0.2) is 58.1 Å². The van der Waals surface area contributed by atoms with Gasteiger partial charge in [0, 0.05) is 26.6 Å². The molecule has 2 aliphatic rings. The Kier molecular flexibility index (Phi) is 4.51. The van der Waals surface area contributed by atoms with Crippen LogP contribution in [0.5, 0.6) is 0 Å². The molecule has 2 atom stereocenters. The molecule has 0 bridgehead atoms. The van der Waals surface area contributed by atoms with E-state index in [0.717, 1.165) is 12.8 Å². The number of hydrogen-bond donors (Lipinski definition) is 0. The Morgan fingerprint density at radius 1 is 1.24 bits per heavy atom. The summed E-state index contributed by atoms with van der Waals surface area (Å²) in [5, 5.41) is 0. The molecule has 0 spiro atoms. The summed E-state index contributed by atoms with van der Waals surface area (Å²) >= 11 is 0. The summed E-state index contributed by atoms with van der Waals surface area (Å²) in [5.74, 6) is 1.23. The zero-order valence-electron chi connectivity index (χ0n) is 15.7. The van der Waals surface area contributed by atoms with Crippen molar-refractivity contribution in [1.29, 1.82) is 0 Å². The highest BCUT2D eigenvalue weighted by atomic mass is 16.6. The molecule has 2 amide bonds. The van der Waals surface area contributed by atoms with Gasteiger partial charge in [-0.3, -0.25) is 4.79 Å². The molecule has 2 aliphatic heterocycles. The molecule has 0 radical (unpaired) electrons. The van der Waals surface area contributed by atoms with Crippen molar-refractivity contribution >= 4 is 12.0 Å². The van der Waals surface area contributed by atoms with E-state index < -0.39 is 5.60 Å². The van der Waals surface area contributed by atoms with Gasteiger partial charge < -0.3 is 19.0 Å². The maximum absolute atomic E-state index is 13.0. The number of oxazole rings is 1. The van der Waals surface area contributed by atoms with Crippen LogP contribution in [0.1, 0.15) is 55.8 Å². The Morgan fingerprint density at radius 3 is 2.56 bits per heavy atom. The Morgan fingerprint density at radius 2 is 1.96 bits per heavy atom. The van der Waals surface area contributed by atoms with Crippen LogP contribution in [0.15, 0.2) is 4.42 Å². The Labute approximate surface area is 148 Å². The lowest BCUT2D eigenvalue weighted by molar-refractivity contribution is 0.0275. The first kappa shape index (κ1) is 17.8. The summed E-state index contributed by atoms with van der Waals surface area (Å²) in [5.41, 5.74) is -0.135. The van der Waals surface area contributed by atoms with Gasteiger partial charge in [-0.25, -0.2) is 9.78 Å². The first-order chi connectivity index (χ1) is 11.7. The summed E-state index contributed by atoms with van der Waals surface area (Å²) in [6.07, 6.45) is 1.65. The average Bonchev–Trinajstić information content (AvgIpc) is 3.07. The molecule has 138 valence electrons. The van der Waals surface area contributed by atoms with Crippen LogP contribution < -0.4 is 0 Å². The fourth-order valence-corrected chi connectivity index (χ4v) is 3.77. The minimum absolute atomic E-state index is 0.0187. The molecule has 3 rings (SSSR count). The number of piperidine rings is 1. The number of fused-ring (bicyclic) bond motifs is 1. The summed E-state index contributed by atoms with van der Waals surface area (Å²) in [6, 6.07) is 0.0187. The number of rotatable bonds is 1. The van der Waals surface area contributed by atoms with E-state index in [0.29, 0.717) is 42.9 Å². The van der Waals surface area contributed by atoms with Crippen molar-refractivity contribution in [2.24, 2.45) is 5.92 Å². The van der Waals surface area contributed by atoms with Crippen LogP contribution in [-0.2, 0) is 4.74 Å². The Hall–Kier alpha value is -2.05. The lowest BCUT2D eigenvalue weighted by Gasteiger charge is -2.36. The van der Waals surface area contributed by atoms with Gasteiger partial charge in [-0.2, -0.15) is 0 Å². The summed E-state index contributed by atoms with van der Waals surface area (Å²) in [4.78, 5) is 33.2. The molecule has 0 N–H and O–H groups in total. The molecule has 0 aliphatic carbocycles. The second-order valence-corrected chi connectivity index (χ2v) is 7.99. The van der Waals surface area contributed by atoms with Crippen molar-refractivity contribution in [2.75, 3.05) is 19.6 Å². The normalized spacial score (nSPS) is 23.6. The van der Waals surface area contributed by atoms with Gasteiger partial charge in [-0.05, 0) is 46.5 Å². The van der Waals surface area contributed by atoms with Crippen molar-refractivity contribution < 1.29 is 18.7 Å². The third-order valence-corrected chi connectivity index (χ3v) is 4.80. The largest absolute Gasteiger partial charge is 0.445 e. The van der Waals surface area contributed by atoms with E-state index in [1.165, 1.54) is 0 Å². The first-order valence-corrected chi connectivity index (χ1v) is 8.88. The fourth-order valence-electron chi connectivity index (χ4n) is 3.77. The molecule has 2 saturated heterocycles. The zero-order valence-corrected chi connectivity index (χ0v) is 15.7. The highest BCUT2D eigenvalue weighted by Gasteiger charge is 2.44. The number of likely N-dealkylation sites (tertiary alicyclic amines) is 2. The van der Waals surface area contributed by atoms with Gasteiger partial charge in [0.15, 0.2) is 11.6 Å². The van der Waals surface area contributed by atoms with E-state index in [4.69, 9.17) is 9.15 Å². The van der Waals surface area contributed by atoms with Gasteiger partial charge in [-0.15, -0.1) is 0 Å². The van der Waals surface area contributed by atoms with Crippen LogP contribution >= 0.6 is 0 Å². The van der Waals surface area contributed by atoms with E-state index in [9.17, 15) is 9.59 Å². The number of carbonyl (C=O) groups excluding carboxylic acids is 2. The number of ether oxygens (including phenoxy) is 1. The van der Waals surface area contributed by atoms with Crippen molar-refractivity contribution in [2.45, 2.75) is 59.1 Å². The number of nitrogens with zero attached hydrogens (tertiary/aromatic N) is 3. The zero-order chi connectivity index (χ0) is 18.4. The van der Waals surface area contributed by atoms with Crippen molar-refractivity contribution in [3.8, 4) is 0 Å². The van der Waals surface area contributed by atoms with E-state index in [1.54, 1.807) is 18.7 Å². The Bertz CT molecular complexity index is 676. The van der Waals surface area contributed by atoms with Crippen LogP contribution in [0.4, 0.5) is 4.79 Å². The van der Waals surface area contributed by atoms with Crippen molar-refractivity contribution in [3.63, 3.8) is 0 Å². The molecule has 25 heavy (non-hydrogen) atoms. The quantitative estimate of drug-likeness (QED) is 0.779. The van der Waals surface area contributed by atoms with Crippen molar-refractivity contribution in [1.82, 2.24) is 14.8 Å². The Balaban J connectivity index is 1.74. The maximum Gasteiger partial charge on any atom is 0.410 e. The number of aromatic nitrogens is 1. The lowest BCUT2D eigenvalue weighted by Crippen LogP contribution is -2.49. The molecule has 0 aromatic carbocycles. The van der Waals surface area contributed by atoms with Crippen LogP contribution in [0.25, 0.3) is 0 Å². The molecule has 7 nitrogen and oxygen atoms in total. The smallest absolute Gasteiger partial charge is 0.410 e. The molecule has 2 fully saturated rings. The molecular weight excluding hydrogens is 322 g/mol. The predicted molar refractivity (Wildman–Crippen MR) is 91.3 cm³/mol. The summed E-state index contributed by atoms with van der Waals surface area (Å²) in [6.45, 7) is 10.9. The standard InChI is InChI=1S/C18H27N3O4/c1-11-15(19-12(2)24-11)16(22)21-8-6-7-13-9-20(10-14(13)21)17(23)25-18(3,4)5/h13-14H,6-10H2,1-5H3/t13-,14+/m0/s1. The van der Waals surface area contributed by atoms with Gasteiger partial charge in [0.2, 0.25) is 0 Å². The highest BCUT2D eigenvalue weighted by molar-refractivity contribution is 5.93. The summed E-state index contributed by atoms with van der Waals surface area (Å²) < 4.78 is 10.9. The molecule has 0 saturated carbocycles. The van der Waals surface area contributed by atoms with E-state index in [-0.39, 0.29) is 18.0 Å². The minimum Gasteiger partial charge on any atom is -0.445 e. The van der Waals surface area contributed by atoms with E-state index in [2.05, 4.69) is 4.98 Å². The van der Waals surface area contributed by atoms with Gasteiger partial charge in [0.1, 0.15) is 11.4 Å². The van der Waals surface area contributed by atoms with Gasteiger partial charge in [0.25, 0.3) is 5.91 Å². The number of amides is 2. The lowest BCUT2D eigenvalue weighted by atomic mass is 9.92. The number of aryl methyl sites for hydroxylation is 2. The van der Waals surface area contributed by atoms with E-state index >= 15 is 0 Å². The fraction of sp³-hybridized carbons (Fsp3) is 0.722. The molecular formula is C18H27N3O4. The first-order valence-electron chi connectivity index (χ1n) is 8.88. The van der Waals surface area contributed by atoms with E-state index in [1.807, 2.05) is 25.7 Å². The third kappa shape index (κ3) is 3.65. The second-order valence-electron chi connectivity index (χ2n) is 7.99.